The highest BCUT2D eigenvalue weighted by Crippen LogP contribution is 2.42. The van der Waals surface area contributed by atoms with E-state index in [4.69, 9.17) is 15.2 Å². The zero-order chi connectivity index (χ0) is 15.0. The van der Waals surface area contributed by atoms with Gasteiger partial charge in [0.15, 0.2) is 11.5 Å². The summed E-state index contributed by atoms with van der Waals surface area (Å²) in [6.07, 6.45) is 1.34. The van der Waals surface area contributed by atoms with Crippen LogP contribution in [0.25, 0.3) is 0 Å². The van der Waals surface area contributed by atoms with Gasteiger partial charge in [-0.1, -0.05) is 6.92 Å². The molecule has 3 unspecified atom stereocenters. The Bertz CT molecular complexity index is 523. The van der Waals surface area contributed by atoms with Gasteiger partial charge >= 0.3 is 0 Å². The van der Waals surface area contributed by atoms with Crippen molar-refractivity contribution in [1.82, 2.24) is 4.90 Å². The largest absolute Gasteiger partial charge is 0.486 e. The van der Waals surface area contributed by atoms with Gasteiger partial charge < -0.3 is 15.2 Å². The van der Waals surface area contributed by atoms with E-state index in [9.17, 15) is 0 Å². The van der Waals surface area contributed by atoms with Crippen molar-refractivity contribution in [2.45, 2.75) is 19.4 Å². The lowest BCUT2D eigenvalue weighted by atomic mass is 10.0. The van der Waals surface area contributed by atoms with Gasteiger partial charge in [-0.05, 0) is 58.9 Å². The molecule has 1 aliphatic heterocycles. The van der Waals surface area contributed by atoms with Crippen LogP contribution in [0.15, 0.2) is 16.6 Å². The van der Waals surface area contributed by atoms with Crippen molar-refractivity contribution in [3.05, 3.63) is 22.2 Å². The third kappa shape index (κ3) is 3.20. The highest BCUT2D eigenvalue weighted by atomic mass is 79.9. The van der Waals surface area contributed by atoms with Gasteiger partial charge in [0.1, 0.15) is 13.2 Å². The van der Waals surface area contributed by atoms with E-state index < -0.39 is 0 Å². The highest BCUT2D eigenvalue weighted by molar-refractivity contribution is 9.10. The molecule has 1 aromatic rings. The molecule has 1 heterocycles. The van der Waals surface area contributed by atoms with Crippen LogP contribution in [-0.2, 0) is 0 Å². The summed E-state index contributed by atoms with van der Waals surface area (Å²) in [5.74, 6) is 3.30. The number of hydrogen-bond acceptors (Lipinski definition) is 4. The minimum Gasteiger partial charge on any atom is -0.486 e. The van der Waals surface area contributed by atoms with Gasteiger partial charge in [-0.3, -0.25) is 4.90 Å². The Balaban J connectivity index is 1.81. The quantitative estimate of drug-likeness (QED) is 0.883. The molecule has 0 amide bonds. The lowest BCUT2D eigenvalue weighted by Crippen LogP contribution is -2.32. The molecule has 1 saturated carbocycles. The molecule has 0 saturated heterocycles. The van der Waals surface area contributed by atoms with Crippen molar-refractivity contribution in [2.75, 3.05) is 33.4 Å². The Labute approximate surface area is 134 Å². The Kier molecular flexibility index (Phi) is 4.43. The van der Waals surface area contributed by atoms with E-state index in [1.807, 2.05) is 0 Å². The Morgan fingerprint density at radius 3 is 2.76 bits per heavy atom. The molecule has 2 aliphatic rings. The van der Waals surface area contributed by atoms with Gasteiger partial charge in [-0.15, -0.1) is 0 Å². The molecule has 0 radical (unpaired) electrons. The van der Waals surface area contributed by atoms with Crippen molar-refractivity contribution >= 4 is 15.9 Å². The number of hydrogen-bond donors (Lipinski definition) is 1. The molecule has 3 atom stereocenters. The standard InChI is InChI=1S/C16H23BrN2O2/c1-10-5-12(10)9-19(2)14(8-18)11-6-13(17)16-15(7-11)20-3-4-21-16/h6-7,10,12,14H,3-5,8-9,18H2,1-2H3. The fourth-order valence-electron chi connectivity index (χ4n) is 3.04. The van der Waals surface area contributed by atoms with Gasteiger partial charge in [0.05, 0.1) is 4.47 Å². The van der Waals surface area contributed by atoms with Crippen LogP contribution in [-0.4, -0.2) is 38.3 Å². The number of halogens is 1. The second-order valence-corrected chi connectivity index (χ2v) is 7.05. The number of likely N-dealkylation sites (N-methyl/N-ethyl adjacent to an activating group) is 1. The first-order valence-corrected chi connectivity index (χ1v) is 8.38. The van der Waals surface area contributed by atoms with Crippen molar-refractivity contribution in [3.8, 4) is 11.5 Å². The van der Waals surface area contributed by atoms with Crippen LogP contribution in [0, 0.1) is 11.8 Å². The lowest BCUT2D eigenvalue weighted by Gasteiger charge is -2.29. The number of ether oxygens (including phenoxy) is 2. The summed E-state index contributed by atoms with van der Waals surface area (Å²) in [6, 6.07) is 4.39. The van der Waals surface area contributed by atoms with Gasteiger partial charge in [0.25, 0.3) is 0 Å². The van der Waals surface area contributed by atoms with E-state index in [-0.39, 0.29) is 6.04 Å². The first kappa shape index (κ1) is 15.1. The van der Waals surface area contributed by atoms with E-state index in [0.29, 0.717) is 19.8 Å². The Morgan fingerprint density at radius 2 is 2.10 bits per heavy atom. The molecule has 5 heteroatoms. The van der Waals surface area contributed by atoms with Crippen LogP contribution in [0.5, 0.6) is 11.5 Å². The van der Waals surface area contributed by atoms with Crippen LogP contribution < -0.4 is 15.2 Å². The summed E-state index contributed by atoms with van der Waals surface area (Å²) in [5.41, 5.74) is 7.22. The van der Waals surface area contributed by atoms with Crippen molar-refractivity contribution in [1.29, 1.82) is 0 Å². The SMILES string of the molecule is CC1CC1CN(C)C(CN)c1cc(Br)c2c(c1)OCCO2. The average Bonchev–Trinajstić information content (AvgIpc) is 3.15. The number of benzene rings is 1. The van der Waals surface area contributed by atoms with Gasteiger partial charge in [-0.25, -0.2) is 0 Å². The number of nitrogens with two attached hydrogens (primary N) is 1. The van der Waals surface area contributed by atoms with Crippen LogP contribution in [0.1, 0.15) is 24.9 Å². The number of fused-ring (bicyclic) bond motifs is 1. The van der Waals surface area contributed by atoms with Crippen LogP contribution >= 0.6 is 15.9 Å². The first-order valence-electron chi connectivity index (χ1n) is 7.59. The van der Waals surface area contributed by atoms with Crippen molar-refractivity contribution in [3.63, 3.8) is 0 Å². The minimum atomic E-state index is 0.213. The molecule has 0 spiro atoms. The minimum absolute atomic E-state index is 0.213. The topological polar surface area (TPSA) is 47.7 Å². The maximum atomic E-state index is 6.03. The molecule has 0 bridgehead atoms. The van der Waals surface area contributed by atoms with Crippen LogP contribution in [0.3, 0.4) is 0 Å². The summed E-state index contributed by atoms with van der Waals surface area (Å²) in [5, 5.41) is 0. The molecular formula is C16H23BrN2O2. The highest BCUT2D eigenvalue weighted by Gasteiger charge is 2.34. The second-order valence-electron chi connectivity index (χ2n) is 6.19. The summed E-state index contributed by atoms with van der Waals surface area (Å²) < 4.78 is 12.3. The molecule has 2 N–H and O–H groups in total. The third-order valence-corrected chi connectivity index (χ3v) is 5.15. The van der Waals surface area contributed by atoms with E-state index in [0.717, 1.165) is 34.4 Å². The number of nitrogens with zero attached hydrogens (tertiary/aromatic N) is 1. The van der Waals surface area contributed by atoms with Crippen LogP contribution in [0.2, 0.25) is 0 Å². The summed E-state index contributed by atoms with van der Waals surface area (Å²) in [7, 11) is 2.16. The van der Waals surface area contributed by atoms with E-state index >= 15 is 0 Å². The molecule has 1 fully saturated rings. The first-order chi connectivity index (χ1) is 10.1. The molecule has 116 valence electrons. The molecular weight excluding hydrogens is 332 g/mol. The Hall–Kier alpha value is -0.780. The maximum absolute atomic E-state index is 6.03. The zero-order valence-corrected chi connectivity index (χ0v) is 14.2. The van der Waals surface area contributed by atoms with E-state index in [2.05, 4.69) is 46.9 Å². The van der Waals surface area contributed by atoms with Gasteiger partial charge in [-0.2, -0.15) is 0 Å². The fourth-order valence-corrected chi connectivity index (χ4v) is 3.62. The maximum Gasteiger partial charge on any atom is 0.175 e. The fraction of sp³-hybridized carbons (Fsp3) is 0.625. The zero-order valence-electron chi connectivity index (χ0n) is 12.6. The Morgan fingerprint density at radius 1 is 1.38 bits per heavy atom. The summed E-state index contributed by atoms with van der Waals surface area (Å²) in [6.45, 7) is 5.23. The van der Waals surface area contributed by atoms with Gasteiger partial charge in [0.2, 0.25) is 0 Å². The molecule has 4 nitrogen and oxygen atoms in total. The average molecular weight is 355 g/mol. The van der Waals surface area contributed by atoms with Crippen LogP contribution in [0.4, 0.5) is 0 Å². The second kappa shape index (κ2) is 6.15. The van der Waals surface area contributed by atoms with Crippen molar-refractivity contribution in [2.24, 2.45) is 17.6 Å². The predicted octanol–water partition coefficient (Wildman–Crippen LogP) is 2.81. The summed E-state index contributed by atoms with van der Waals surface area (Å²) >= 11 is 3.59. The number of rotatable bonds is 5. The molecule has 21 heavy (non-hydrogen) atoms. The smallest absolute Gasteiger partial charge is 0.175 e. The molecule has 1 aliphatic carbocycles. The predicted molar refractivity (Wildman–Crippen MR) is 86.8 cm³/mol. The molecule has 0 aromatic heterocycles. The molecule has 1 aromatic carbocycles. The monoisotopic (exact) mass is 354 g/mol. The third-order valence-electron chi connectivity index (χ3n) is 4.56. The lowest BCUT2D eigenvalue weighted by molar-refractivity contribution is 0.169. The molecule has 3 rings (SSSR count). The summed E-state index contributed by atoms with van der Waals surface area (Å²) in [4.78, 5) is 2.37. The normalized spacial score (nSPS) is 25.0. The van der Waals surface area contributed by atoms with Crippen molar-refractivity contribution < 1.29 is 9.47 Å². The van der Waals surface area contributed by atoms with E-state index in [1.54, 1.807) is 0 Å². The van der Waals surface area contributed by atoms with Gasteiger partial charge in [0, 0.05) is 19.1 Å². The van der Waals surface area contributed by atoms with E-state index in [1.165, 1.54) is 12.0 Å².